The van der Waals surface area contributed by atoms with Gasteiger partial charge in [0.2, 0.25) is 0 Å². The quantitative estimate of drug-likeness (QED) is 0.560. The molecule has 0 heterocycles. The van der Waals surface area contributed by atoms with Gasteiger partial charge in [0, 0.05) is 11.4 Å². The first kappa shape index (κ1) is 8.17. The van der Waals surface area contributed by atoms with Crippen molar-refractivity contribution in [1.29, 1.82) is 0 Å². The van der Waals surface area contributed by atoms with E-state index >= 15 is 0 Å². The molecule has 0 nitrogen and oxygen atoms in total. The van der Waals surface area contributed by atoms with Gasteiger partial charge in [0.1, 0.15) is 0 Å². The summed E-state index contributed by atoms with van der Waals surface area (Å²) in [5, 5.41) is 0.767. The Kier molecular flexibility index (Phi) is 2.57. The zero-order chi connectivity index (χ0) is 8.27. The summed E-state index contributed by atoms with van der Waals surface area (Å²) in [6.45, 7) is 2.01. The highest BCUT2D eigenvalue weighted by molar-refractivity contribution is 6.31. The maximum absolute atomic E-state index is 5.91. The summed E-state index contributed by atoms with van der Waals surface area (Å²) in [6.07, 6.45) is 5.77. The fourth-order valence-electron chi connectivity index (χ4n) is 0.906. The van der Waals surface area contributed by atoms with E-state index in [2.05, 4.69) is 5.92 Å². The molecule has 0 radical (unpaired) electrons. The molecule has 56 valence electrons. The van der Waals surface area contributed by atoms with Gasteiger partial charge in [-0.3, -0.25) is 0 Å². The summed E-state index contributed by atoms with van der Waals surface area (Å²) in [6, 6.07) is 5.91. The molecule has 0 aliphatic rings. The van der Waals surface area contributed by atoms with Gasteiger partial charge < -0.3 is 0 Å². The molecule has 0 amide bonds. The van der Waals surface area contributed by atoms with Crippen molar-refractivity contribution in [2.24, 2.45) is 0 Å². The number of halogens is 1. The molecule has 1 rings (SSSR count). The van der Waals surface area contributed by atoms with E-state index in [-0.39, 0.29) is 0 Å². The van der Waals surface area contributed by atoms with Crippen molar-refractivity contribution in [3.05, 3.63) is 34.3 Å². The first-order valence-corrected chi connectivity index (χ1v) is 3.80. The summed E-state index contributed by atoms with van der Waals surface area (Å²) in [5.41, 5.74) is 2.19. The average Bonchev–Trinajstić information content (AvgIpc) is 1.95. The third-order valence-electron chi connectivity index (χ3n) is 1.50. The van der Waals surface area contributed by atoms with Crippen LogP contribution in [0.3, 0.4) is 0 Å². The van der Waals surface area contributed by atoms with Crippen LogP contribution in [-0.2, 0) is 6.42 Å². The minimum absolute atomic E-state index is 0.610. The summed E-state index contributed by atoms with van der Waals surface area (Å²) < 4.78 is 0. The predicted octanol–water partition coefficient (Wildman–Crippen LogP) is 2.82. The second-order valence-corrected chi connectivity index (χ2v) is 2.88. The lowest BCUT2D eigenvalue weighted by molar-refractivity contribution is 1.30. The Balaban J connectivity index is 3.01. The minimum atomic E-state index is 0.610. The first-order chi connectivity index (χ1) is 5.24. The van der Waals surface area contributed by atoms with E-state index in [9.17, 15) is 0 Å². The van der Waals surface area contributed by atoms with Crippen LogP contribution in [0.2, 0.25) is 5.02 Å². The first-order valence-electron chi connectivity index (χ1n) is 3.42. The van der Waals surface area contributed by atoms with Crippen LogP contribution in [0, 0.1) is 19.3 Å². The Morgan fingerprint density at radius 2 is 2.27 bits per heavy atom. The van der Waals surface area contributed by atoms with Gasteiger partial charge >= 0.3 is 0 Å². The minimum Gasteiger partial charge on any atom is -0.120 e. The molecule has 0 aliphatic carbocycles. The van der Waals surface area contributed by atoms with Crippen LogP contribution in [0.4, 0.5) is 0 Å². The maximum Gasteiger partial charge on any atom is 0.0450 e. The maximum atomic E-state index is 5.91. The standard InChI is InChI=1S/C10H9Cl/c1-3-4-9-6-5-8(2)7-10(9)11/h1,5-7H,4H2,2H3. The number of benzene rings is 1. The van der Waals surface area contributed by atoms with Crippen LogP contribution >= 0.6 is 11.6 Å². The van der Waals surface area contributed by atoms with Gasteiger partial charge in [-0.05, 0) is 24.1 Å². The van der Waals surface area contributed by atoms with Crippen LogP contribution in [0.25, 0.3) is 0 Å². The molecule has 0 saturated heterocycles. The molecule has 0 spiro atoms. The highest BCUT2D eigenvalue weighted by Crippen LogP contribution is 2.17. The molecule has 0 fully saturated rings. The van der Waals surface area contributed by atoms with Crippen molar-refractivity contribution in [3.63, 3.8) is 0 Å². The van der Waals surface area contributed by atoms with E-state index in [0.29, 0.717) is 6.42 Å². The van der Waals surface area contributed by atoms with Crippen LogP contribution < -0.4 is 0 Å². The van der Waals surface area contributed by atoms with E-state index in [1.54, 1.807) is 0 Å². The Bertz CT molecular complexity index is 294. The van der Waals surface area contributed by atoms with Gasteiger partial charge in [-0.2, -0.15) is 0 Å². The lowest BCUT2D eigenvalue weighted by atomic mass is 10.1. The molecule has 1 aromatic carbocycles. The molecule has 1 heteroatoms. The highest BCUT2D eigenvalue weighted by Gasteiger charge is 1.96. The second-order valence-electron chi connectivity index (χ2n) is 2.48. The smallest absolute Gasteiger partial charge is 0.0450 e. The molecule has 0 atom stereocenters. The van der Waals surface area contributed by atoms with Gasteiger partial charge in [0.05, 0.1) is 0 Å². The molecule has 11 heavy (non-hydrogen) atoms. The zero-order valence-corrected chi connectivity index (χ0v) is 7.15. The molecule has 0 unspecified atom stereocenters. The molecular formula is C10H9Cl. The number of aryl methyl sites for hydroxylation is 1. The van der Waals surface area contributed by atoms with Gasteiger partial charge in [-0.25, -0.2) is 0 Å². The average molecular weight is 165 g/mol. The van der Waals surface area contributed by atoms with Crippen LogP contribution in [0.15, 0.2) is 18.2 Å². The Morgan fingerprint density at radius 3 is 2.82 bits per heavy atom. The number of rotatable bonds is 1. The SMILES string of the molecule is C#CCc1ccc(C)cc1Cl. The number of hydrogen-bond donors (Lipinski definition) is 0. The third-order valence-corrected chi connectivity index (χ3v) is 1.85. The second kappa shape index (κ2) is 3.46. The fraction of sp³-hybridized carbons (Fsp3) is 0.200. The van der Waals surface area contributed by atoms with Crippen molar-refractivity contribution in [1.82, 2.24) is 0 Å². The molecule has 0 bridgehead atoms. The van der Waals surface area contributed by atoms with Gasteiger partial charge in [-0.1, -0.05) is 23.7 Å². The number of terminal acetylenes is 1. The molecule has 0 aromatic heterocycles. The molecule has 1 aromatic rings. The van der Waals surface area contributed by atoms with Crippen LogP contribution in [0.5, 0.6) is 0 Å². The Labute approximate surface area is 72.2 Å². The van der Waals surface area contributed by atoms with E-state index < -0.39 is 0 Å². The summed E-state index contributed by atoms with van der Waals surface area (Å²) in [4.78, 5) is 0. The van der Waals surface area contributed by atoms with Crippen molar-refractivity contribution in [2.45, 2.75) is 13.3 Å². The lowest BCUT2D eigenvalue weighted by Crippen LogP contribution is -1.83. The Morgan fingerprint density at radius 1 is 1.55 bits per heavy atom. The zero-order valence-electron chi connectivity index (χ0n) is 6.39. The lowest BCUT2D eigenvalue weighted by Gasteiger charge is -1.99. The van der Waals surface area contributed by atoms with Crippen LogP contribution in [-0.4, -0.2) is 0 Å². The number of hydrogen-bond acceptors (Lipinski definition) is 0. The van der Waals surface area contributed by atoms with Crippen molar-refractivity contribution in [2.75, 3.05) is 0 Å². The van der Waals surface area contributed by atoms with E-state index in [4.69, 9.17) is 18.0 Å². The molecule has 0 saturated carbocycles. The van der Waals surface area contributed by atoms with Crippen LogP contribution in [0.1, 0.15) is 11.1 Å². The third kappa shape index (κ3) is 2.00. The van der Waals surface area contributed by atoms with Crippen molar-refractivity contribution in [3.8, 4) is 12.3 Å². The topological polar surface area (TPSA) is 0 Å². The summed E-state index contributed by atoms with van der Waals surface area (Å²) >= 11 is 5.91. The molecule has 0 N–H and O–H groups in total. The van der Waals surface area contributed by atoms with E-state index in [1.165, 1.54) is 0 Å². The van der Waals surface area contributed by atoms with Gasteiger partial charge in [0.25, 0.3) is 0 Å². The summed E-state index contributed by atoms with van der Waals surface area (Å²) in [5.74, 6) is 2.56. The molecule has 0 aliphatic heterocycles. The predicted molar refractivity (Wildman–Crippen MR) is 48.7 cm³/mol. The van der Waals surface area contributed by atoms with Gasteiger partial charge in [0.15, 0.2) is 0 Å². The van der Waals surface area contributed by atoms with E-state index in [1.807, 2.05) is 25.1 Å². The highest BCUT2D eigenvalue weighted by atomic mass is 35.5. The monoisotopic (exact) mass is 164 g/mol. The normalized spacial score (nSPS) is 9.18. The molecular weight excluding hydrogens is 156 g/mol. The van der Waals surface area contributed by atoms with E-state index in [0.717, 1.165) is 16.1 Å². The van der Waals surface area contributed by atoms with Crippen molar-refractivity contribution < 1.29 is 0 Å². The fourth-order valence-corrected chi connectivity index (χ4v) is 1.21. The largest absolute Gasteiger partial charge is 0.120 e. The Hall–Kier alpha value is -0.930. The van der Waals surface area contributed by atoms with Gasteiger partial charge in [-0.15, -0.1) is 12.3 Å². The summed E-state index contributed by atoms with van der Waals surface area (Å²) in [7, 11) is 0. The van der Waals surface area contributed by atoms with Crippen molar-refractivity contribution >= 4 is 11.6 Å².